The number of carbonyl (C=O) groups excluding carboxylic acids is 1. The van der Waals surface area contributed by atoms with Gasteiger partial charge < -0.3 is 9.32 Å². The topological polar surface area (TPSA) is 78.0 Å². The number of carbonyl (C=O) groups is 1. The zero-order chi connectivity index (χ0) is 25.9. The lowest BCUT2D eigenvalue weighted by Crippen LogP contribution is -2.24. The summed E-state index contributed by atoms with van der Waals surface area (Å²) in [7, 11) is 0. The fourth-order valence-corrected chi connectivity index (χ4v) is 4.23. The molecule has 8 heteroatoms. The van der Waals surface area contributed by atoms with E-state index in [1.165, 1.54) is 28.8 Å². The number of hydrogen-bond donors (Lipinski definition) is 0. The van der Waals surface area contributed by atoms with Crippen LogP contribution in [-0.2, 0) is 11.2 Å². The minimum atomic E-state index is -0.397. The third-order valence-corrected chi connectivity index (χ3v) is 6.14. The summed E-state index contributed by atoms with van der Waals surface area (Å²) < 4.78 is 33.8. The predicted molar refractivity (Wildman–Crippen MR) is 136 cm³/mol. The largest absolute Gasteiger partial charge is 0.356 e. The Morgan fingerprint density at radius 3 is 2.27 bits per heavy atom. The number of rotatable bonds is 8. The Morgan fingerprint density at radius 1 is 0.892 bits per heavy atom. The van der Waals surface area contributed by atoms with E-state index in [2.05, 4.69) is 5.16 Å². The van der Waals surface area contributed by atoms with Crippen molar-refractivity contribution in [3.63, 3.8) is 0 Å². The van der Waals surface area contributed by atoms with Crippen LogP contribution in [0.4, 0.5) is 8.78 Å². The van der Waals surface area contributed by atoms with Crippen molar-refractivity contribution in [2.75, 3.05) is 0 Å². The number of Topliss-reactive ketones (excluding diaryl/α,β-unsaturated/α-hetero) is 1. The first-order valence-electron chi connectivity index (χ1n) is 11.9. The zero-order valence-electron chi connectivity index (χ0n) is 20.1. The average molecular weight is 500 g/mol. The first-order chi connectivity index (χ1) is 17.9. The molecule has 0 aliphatic carbocycles. The van der Waals surface area contributed by atoms with Gasteiger partial charge in [0.2, 0.25) is 0 Å². The molecule has 3 aromatic carbocycles. The van der Waals surface area contributed by atoms with E-state index in [1.807, 2.05) is 0 Å². The zero-order valence-corrected chi connectivity index (χ0v) is 20.1. The molecule has 0 spiro atoms. The molecule has 0 unspecified atom stereocenters. The number of ketones is 1. The van der Waals surface area contributed by atoms with Crippen LogP contribution in [0.2, 0.25) is 0 Å². The lowest BCUT2D eigenvalue weighted by atomic mass is 10.1. The van der Waals surface area contributed by atoms with Crippen molar-refractivity contribution in [1.82, 2.24) is 14.7 Å². The Balaban J connectivity index is 1.55. The molecule has 0 saturated heterocycles. The second-order valence-corrected chi connectivity index (χ2v) is 8.87. The van der Waals surface area contributed by atoms with Crippen molar-refractivity contribution in [2.45, 2.75) is 32.6 Å². The molecule has 5 aromatic rings. The summed E-state index contributed by atoms with van der Waals surface area (Å²) in [6.07, 6.45) is 2.28. The fourth-order valence-electron chi connectivity index (χ4n) is 4.23. The van der Waals surface area contributed by atoms with E-state index in [9.17, 15) is 18.4 Å². The van der Waals surface area contributed by atoms with Gasteiger partial charge in [-0.05, 0) is 80.4 Å². The molecule has 0 aliphatic rings. The van der Waals surface area contributed by atoms with Crippen LogP contribution in [0.1, 0.15) is 32.0 Å². The average Bonchev–Trinajstić information content (AvgIpc) is 3.38. The molecular weight excluding hydrogens is 476 g/mol. The van der Waals surface area contributed by atoms with Crippen LogP contribution in [0, 0.1) is 11.6 Å². The van der Waals surface area contributed by atoms with Crippen molar-refractivity contribution >= 4 is 16.7 Å². The number of aromatic nitrogens is 3. The molecule has 0 atom stereocenters. The van der Waals surface area contributed by atoms with E-state index < -0.39 is 5.82 Å². The summed E-state index contributed by atoms with van der Waals surface area (Å²) in [4.78, 5) is 29.7. The molecule has 0 amide bonds. The van der Waals surface area contributed by atoms with E-state index in [-0.39, 0.29) is 17.2 Å². The van der Waals surface area contributed by atoms with Gasteiger partial charge in [-0.15, -0.1) is 0 Å². The van der Waals surface area contributed by atoms with Gasteiger partial charge in [-0.2, -0.15) is 0 Å². The Kier molecular flexibility index (Phi) is 6.72. The van der Waals surface area contributed by atoms with Crippen LogP contribution in [-0.4, -0.2) is 20.5 Å². The fraction of sp³-hybridized carbons (Fsp3) is 0.172. The molecule has 0 N–H and O–H groups in total. The summed E-state index contributed by atoms with van der Waals surface area (Å²) in [6, 6.07) is 18.6. The van der Waals surface area contributed by atoms with E-state index in [0.29, 0.717) is 70.7 Å². The molecule has 2 aromatic heterocycles. The number of benzene rings is 3. The van der Waals surface area contributed by atoms with Crippen molar-refractivity contribution in [3.8, 4) is 28.3 Å². The first kappa shape index (κ1) is 24.2. The van der Waals surface area contributed by atoms with E-state index in [4.69, 9.17) is 9.51 Å². The lowest BCUT2D eigenvalue weighted by molar-refractivity contribution is -0.117. The molecular formula is C29H23F2N3O3. The quantitative estimate of drug-likeness (QED) is 0.235. The second kappa shape index (κ2) is 10.3. The van der Waals surface area contributed by atoms with E-state index in [0.717, 1.165) is 0 Å². The van der Waals surface area contributed by atoms with Crippen molar-refractivity contribution in [2.24, 2.45) is 0 Å². The molecule has 2 heterocycles. The highest BCUT2D eigenvalue weighted by molar-refractivity contribution is 5.83. The van der Waals surface area contributed by atoms with Gasteiger partial charge in [0.05, 0.1) is 16.6 Å². The smallest absolute Gasteiger partial charge is 0.265 e. The summed E-state index contributed by atoms with van der Waals surface area (Å²) >= 11 is 0. The third kappa shape index (κ3) is 5.23. The number of unbranched alkanes of at least 4 members (excludes halogenated alkanes) is 1. The molecule has 6 nitrogen and oxygen atoms in total. The van der Waals surface area contributed by atoms with Gasteiger partial charge in [0.1, 0.15) is 28.9 Å². The third-order valence-electron chi connectivity index (χ3n) is 6.14. The summed E-state index contributed by atoms with van der Waals surface area (Å²) in [5.41, 5.74) is 2.69. The predicted octanol–water partition coefficient (Wildman–Crippen LogP) is 6.29. The van der Waals surface area contributed by atoms with Crippen molar-refractivity contribution < 1.29 is 18.1 Å². The molecule has 186 valence electrons. The molecule has 0 radical (unpaired) electrons. The van der Waals surface area contributed by atoms with Gasteiger partial charge in [-0.1, -0.05) is 11.2 Å². The minimum absolute atomic E-state index is 0.111. The van der Waals surface area contributed by atoms with Gasteiger partial charge in [0, 0.05) is 30.0 Å². The van der Waals surface area contributed by atoms with Gasteiger partial charge in [0.25, 0.3) is 5.56 Å². The van der Waals surface area contributed by atoms with Gasteiger partial charge in [-0.25, -0.2) is 13.8 Å². The summed E-state index contributed by atoms with van der Waals surface area (Å²) in [5, 5.41) is 4.55. The van der Waals surface area contributed by atoms with E-state index in [1.54, 1.807) is 55.5 Å². The molecule has 0 aliphatic heterocycles. The number of halogens is 2. The number of aryl methyl sites for hydroxylation is 1. The van der Waals surface area contributed by atoms with Crippen LogP contribution < -0.4 is 5.56 Å². The van der Waals surface area contributed by atoms with Crippen LogP contribution in [0.5, 0.6) is 0 Å². The maximum absolute atomic E-state index is 13.6. The highest BCUT2D eigenvalue weighted by Gasteiger charge is 2.16. The molecule has 0 saturated carbocycles. The van der Waals surface area contributed by atoms with Crippen LogP contribution >= 0.6 is 0 Å². The van der Waals surface area contributed by atoms with Crippen LogP contribution in [0.25, 0.3) is 39.2 Å². The summed E-state index contributed by atoms with van der Waals surface area (Å²) in [5.74, 6) is 0.385. The van der Waals surface area contributed by atoms with Gasteiger partial charge in [0.15, 0.2) is 5.76 Å². The number of hydrogen-bond acceptors (Lipinski definition) is 5. The normalized spacial score (nSPS) is 11.2. The lowest BCUT2D eigenvalue weighted by Gasteiger charge is -2.14. The monoisotopic (exact) mass is 499 g/mol. The number of fused-ring (bicyclic) bond motifs is 1. The Morgan fingerprint density at radius 2 is 1.57 bits per heavy atom. The van der Waals surface area contributed by atoms with Gasteiger partial charge >= 0.3 is 0 Å². The highest BCUT2D eigenvalue weighted by Crippen LogP contribution is 2.28. The van der Waals surface area contributed by atoms with Crippen LogP contribution in [0.3, 0.4) is 0 Å². The standard InChI is InChI=1S/C29H23F2N3O3/c1-18(35)4-2-3-5-28-32-26-16-20(25-17-27(37-33-25)19-6-9-21(30)10-7-19)8-15-24(26)29(36)34(28)23-13-11-22(31)12-14-23/h6-17H,2-5H2,1H3. The SMILES string of the molecule is CC(=O)CCCCc1nc2cc(-c3cc(-c4ccc(F)cc4)on3)ccc2c(=O)n1-c1ccc(F)cc1. The molecule has 37 heavy (non-hydrogen) atoms. The molecule has 0 fully saturated rings. The second-order valence-electron chi connectivity index (χ2n) is 8.87. The van der Waals surface area contributed by atoms with Gasteiger partial charge in [-0.3, -0.25) is 9.36 Å². The summed E-state index contributed by atoms with van der Waals surface area (Å²) in [6.45, 7) is 1.55. The molecule has 5 rings (SSSR count). The van der Waals surface area contributed by atoms with E-state index >= 15 is 0 Å². The molecule has 0 bridgehead atoms. The minimum Gasteiger partial charge on any atom is -0.356 e. The Labute approximate surface area is 211 Å². The Hall–Kier alpha value is -4.46. The maximum Gasteiger partial charge on any atom is 0.265 e. The van der Waals surface area contributed by atoms with Crippen molar-refractivity contribution in [3.05, 3.63) is 101 Å². The first-order valence-corrected chi connectivity index (χ1v) is 11.9. The Bertz CT molecular complexity index is 1640. The highest BCUT2D eigenvalue weighted by atomic mass is 19.1. The van der Waals surface area contributed by atoms with Crippen LogP contribution in [0.15, 0.2) is 82.1 Å². The van der Waals surface area contributed by atoms with Crippen molar-refractivity contribution in [1.29, 1.82) is 0 Å². The maximum atomic E-state index is 13.6. The number of nitrogens with zero attached hydrogens (tertiary/aromatic N) is 3.